The largest absolute Gasteiger partial charge is 0.496 e. The highest BCUT2D eigenvalue weighted by Gasteiger charge is 2.28. The summed E-state index contributed by atoms with van der Waals surface area (Å²) in [6.07, 6.45) is 13.3. The lowest BCUT2D eigenvalue weighted by Gasteiger charge is -2.27. The molecule has 0 radical (unpaired) electrons. The minimum atomic E-state index is -0.496. The Morgan fingerprint density at radius 1 is 1.25 bits per heavy atom. The Labute approximate surface area is 188 Å². The summed E-state index contributed by atoms with van der Waals surface area (Å²) in [5.74, 6) is 0.168. The van der Waals surface area contributed by atoms with E-state index in [9.17, 15) is 4.79 Å². The highest BCUT2D eigenvalue weighted by atomic mass is 16.5. The molecule has 6 nitrogen and oxygen atoms in total. The summed E-state index contributed by atoms with van der Waals surface area (Å²) in [5.41, 5.74) is 12.2. The number of primary amides is 1. The Bertz CT molecular complexity index is 1200. The molecule has 2 aliphatic rings. The highest BCUT2D eigenvalue weighted by Crippen LogP contribution is 2.45. The van der Waals surface area contributed by atoms with E-state index in [2.05, 4.69) is 41.1 Å². The van der Waals surface area contributed by atoms with Crippen LogP contribution in [-0.2, 0) is 0 Å². The summed E-state index contributed by atoms with van der Waals surface area (Å²) >= 11 is 0. The molecule has 1 atom stereocenters. The van der Waals surface area contributed by atoms with Crippen LogP contribution in [0.4, 0.5) is 5.69 Å². The summed E-state index contributed by atoms with van der Waals surface area (Å²) in [5, 5.41) is 3.26. The second kappa shape index (κ2) is 8.34. The van der Waals surface area contributed by atoms with E-state index in [0.29, 0.717) is 17.4 Å². The monoisotopic (exact) mass is 430 g/mol. The first-order valence-corrected chi connectivity index (χ1v) is 11.6. The van der Waals surface area contributed by atoms with Crippen LogP contribution >= 0.6 is 0 Å². The smallest absolute Gasteiger partial charge is 0.254 e. The fraction of sp³-hybridized carbons (Fsp3) is 0.385. The number of hydrogen-bond donors (Lipinski definition) is 2. The van der Waals surface area contributed by atoms with Crippen molar-refractivity contribution in [1.29, 1.82) is 0 Å². The maximum atomic E-state index is 12.3. The van der Waals surface area contributed by atoms with Gasteiger partial charge in [0.05, 0.1) is 30.2 Å². The third kappa shape index (κ3) is 3.34. The van der Waals surface area contributed by atoms with Crippen molar-refractivity contribution in [1.82, 2.24) is 9.55 Å². The summed E-state index contributed by atoms with van der Waals surface area (Å²) in [6, 6.07) is 8.98. The minimum Gasteiger partial charge on any atom is -0.496 e. The average Bonchev–Trinajstić information content (AvgIpc) is 3.26. The number of ether oxygens (including phenoxy) is 1. The SMILES string of the molecule is CCC1C=CNc2c(C(N)=O)c(OC)cc(-c3ccc4c(c3)ncn4C3CCCCC3)c21. The molecule has 0 bridgehead atoms. The quantitative estimate of drug-likeness (QED) is 0.540. The van der Waals surface area contributed by atoms with E-state index >= 15 is 0 Å². The molecular formula is C26H30N4O2. The lowest BCUT2D eigenvalue weighted by molar-refractivity contribution is 0.0998. The summed E-state index contributed by atoms with van der Waals surface area (Å²) in [7, 11) is 1.57. The number of aromatic nitrogens is 2. The molecule has 5 rings (SSSR count). The lowest BCUT2D eigenvalue weighted by Crippen LogP contribution is -2.19. The molecule has 1 saturated carbocycles. The number of methoxy groups -OCH3 is 1. The predicted octanol–water partition coefficient (Wildman–Crippen LogP) is 5.75. The molecule has 3 aromatic rings. The molecule has 1 aliphatic carbocycles. The Hall–Kier alpha value is -3.28. The number of nitrogens with zero attached hydrogens (tertiary/aromatic N) is 2. The van der Waals surface area contributed by atoms with Crippen molar-refractivity contribution in [2.45, 2.75) is 57.4 Å². The molecule has 3 N–H and O–H groups in total. The molecule has 2 aromatic carbocycles. The van der Waals surface area contributed by atoms with E-state index in [4.69, 9.17) is 15.5 Å². The highest BCUT2D eigenvalue weighted by molar-refractivity contribution is 6.04. The third-order valence-corrected chi connectivity index (χ3v) is 7.02. The summed E-state index contributed by atoms with van der Waals surface area (Å²) in [6.45, 7) is 2.15. The number of nitrogens with one attached hydrogen (secondary N) is 1. The maximum absolute atomic E-state index is 12.3. The van der Waals surface area contributed by atoms with Crippen molar-refractivity contribution in [2.24, 2.45) is 5.73 Å². The van der Waals surface area contributed by atoms with Gasteiger partial charge in [-0.05, 0) is 60.4 Å². The van der Waals surface area contributed by atoms with Crippen LogP contribution in [-0.4, -0.2) is 22.6 Å². The topological polar surface area (TPSA) is 82.2 Å². The second-order valence-electron chi connectivity index (χ2n) is 8.82. The van der Waals surface area contributed by atoms with E-state index in [0.717, 1.165) is 34.3 Å². The van der Waals surface area contributed by atoms with Crippen molar-refractivity contribution < 1.29 is 9.53 Å². The van der Waals surface area contributed by atoms with E-state index < -0.39 is 5.91 Å². The van der Waals surface area contributed by atoms with Gasteiger partial charge in [-0.3, -0.25) is 4.79 Å². The average molecular weight is 431 g/mol. The Morgan fingerprint density at radius 2 is 2.06 bits per heavy atom. The van der Waals surface area contributed by atoms with Crippen molar-refractivity contribution in [3.05, 3.63) is 54.0 Å². The number of nitrogens with two attached hydrogens (primary N) is 1. The van der Waals surface area contributed by atoms with Crippen LogP contribution in [0.2, 0.25) is 0 Å². The normalized spacial score (nSPS) is 18.4. The van der Waals surface area contributed by atoms with E-state index in [1.165, 1.54) is 37.6 Å². The molecule has 166 valence electrons. The number of hydrogen-bond acceptors (Lipinski definition) is 4. The summed E-state index contributed by atoms with van der Waals surface area (Å²) in [4.78, 5) is 17.0. The van der Waals surface area contributed by atoms with Crippen molar-refractivity contribution in [3.8, 4) is 16.9 Å². The Balaban J connectivity index is 1.67. The number of carbonyl (C=O) groups excluding carboxylic acids is 1. The van der Waals surface area contributed by atoms with Gasteiger partial charge >= 0.3 is 0 Å². The van der Waals surface area contributed by atoms with Gasteiger partial charge in [-0.1, -0.05) is 38.3 Å². The van der Waals surface area contributed by atoms with Crippen LogP contribution in [0, 0.1) is 0 Å². The molecule has 1 unspecified atom stereocenters. The van der Waals surface area contributed by atoms with Gasteiger partial charge in [0.25, 0.3) is 5.91 Å². The minimum absolute atomic E-state index is 0.181. The number of benzene rings is 2. The van der Waals surface area contributed by atoms with Crippen molar-refractivity contribution >= 4 is 22.6 Å². The number of amides is 1. The van der Waals surface area contributed by atoms with Gasteiger partial charge in [-0.25, -0.2) is 4.98 Å². The standard InChI is InChI=1S/C26H30N4O2/c1-3-16-11-12-28-25-23(16)19(14-22(32-2)24(25)26(27)31)17-9-10-21-20(13-17)29-15-30(21)18-7-5-4-6-8-18/h9-16,18,28H,3-8H2,1-2H3,(H2,27,31). The van der Waals surface area contributed by atoms with Gasteiger partial charge < -0.3 is 20.4 Å². The van der Waals surface area contributed by atoms with Gasteiger partial charge in [-0.2, -0.15) is 0 Å². The molecule has 0 saturated heterocycles. The molecule has 32 heavy (non-hydrogen) atoms. The first-order chi connectivity index (χ1) is 15.6. The molecule has 1 fully saturated rings. The zero-order chi connectivity index (χ0) is 22.2. The van der Waals surface area contributed by atoms with Gasteiger partial charge in [0.2, 0.25) is 0 Å². The number of carbonyl (C=O) groups is 1. The molecule has 1 aromatic heterocycles. The number of imidazole rings is 1. The molecule has 1 amide bonds. The molecule has 1 aliphatic heterocycles. The van der Waals surface area contributed by atoms with Gasteiger partial charge in [0, 0.05) is 12.0 Å². The van der Waals surface area contributed by atoms with E-state index in [-0.39, 0.29) is 5.92 Å². The first-order valence-electron chi connectivity index (χ1n) is 11.6. The van der Waals surface area contributed by atoms with Crippen LogP contribution in [0.3, 0.4) is 0 Å². The number of rotatable bonds is 5. The van der Waals surface area contributed by atoms with Gasteiger partial charge in [0.15, 0.2) is 0 Å². The van der Waals surface area contributed by atoms with Crippen molar-refractivity contribution in [3.63, 3.8) is 0 Å². The molecule has 0 spiro atoms. The molecule has 2 heterocycles. The first kappa shape index (κ1) is 20.6. The number of anilines is 1. The predicted molar refractivity (Wildman–Crippen MR) is 128 cm³/mol. The van der Waals surface area contributed by atoms with Crippen LogP contribution in [0.15, 0.2) is 42.9 Å². The zero-order valence-corrected chi connectivity index (χ0v) is 18.7. The van der Waals surface area contributed by atoms with Crippen molar-refractivity contribution in [2.75, 3.05) is 12.4 Å². The van der Waals surface area contributed by atoms with Crippen LogP contribution < -0.4 is 15.8 Å². The van der Waals surface area contributed by atoms with Crippen LogP contribution in [0.5, 0.6) is 5.75 Å². The zero-order valence-electron chi connectivity index (χ0n) is 18.7. The number of allylic oxidation sites excluding steroid dienone is 1. The Kier molecular flexibility index (Phi) is 5.37. The summed E-state index contributed by atoms with van der Waals surface area (Å²) < 4.78 is 7.94. The number of fused-ring (bicyclic) bond motifs is 2. The fourth-order valence-electron chi connectivity index (χ4n) is 5.39. The maximum Gasteiger partial charge on any atom is 0.254 e. The third-order valence-electron chi connectivity index (χ3n) is 7.02. The van der Waals surface area contributed by atoms with E-state index in [1.54, 1.807) is 7.11 Å². The lowest BCUT2D eigenvalue weighted by atomic mass is 9.83. The van der Waals surface area contributed by atoms with Gasteiger partial charge in [0.1, 0.15) is 11.3 Å². The molecule has 6 heteroatoms. The van der Waals surface area contributed by atoms with Crippen LogP contribution in [0.1, 0.15) is 73.3 Å². The fourth-order valence-corrected chi connectivity index (χ4v) is 5.39. The van der Waals surface area contributed by atoms with Crippen LogP contribution in [0.25, 0.3) is 22.2 Å². The molecular weight excluding hydrogens is 400 g/mol. The van der Waals surface area contributed by atoms with E-state index in [1.807, 2.05) is 18.6 Å². The van der Waals surface area contributed by atoms with Gasteiger partial charge in [-0.15, -0.1) is 0 Å². The second-order valence-corrected chi connectivity index (χ2v) is 8.82. The Morgan fingerprint density at radius 3 is 2.78 bits per heavy atom.